The normalized spacial score (nSPS) is 23.9. The molecule has 21 heavy (non-hydrogen) atoms. The van der Waals surface area contributed by atoms with Crippen molar-refractivity contribution in [1.29, 1.82) is 0 Å². The Morgan fingerprint density at radius 3 is 2.71 bits per heavy atom. The monoisotopic (exact) mass is 305 g/mol. The van der Waals surface area contributed by atoms with Crippen LogP contribution in [-0.2, 0) is 15.1 Å². The highest BCUT2D eigenvalue weighted by atomic mass is 35.5. The van der Waals surface area contributed by atoms with Crippen LogP contribution in [0.5, 0.6) is 0 Å². The van der Waals surface area contributed by atoms with Crippen molar-refractivity contribution in [3.05, 3.63) is 40.9 Å². The van der Waals surface area contributed by atoms with Crippen LogP contribution in [0, 0.1) is 0 Å². The van der Waals surface area contributed by atoms with Gasteiger partial charge in [-0.05, 0) is 25.1 Å². The van der Waals surface area contributed by atoms with Crippen molar-refractivity contribution in [3.63, 3.8) is 0 Å². The highest BCUT2D eigenvalue weighted by Gasteiger charge is 2.61. The first-order valence-corrected chi connectivity index (χ1v) is 6.75. The quantitative estimate of drug-likeness (QED) is 0.491. The molecule has 1 spiro atoms. The Balaban J connectivity index is 2.20. The molecule has 108 valence electrons. The summed E-state index contributed by atoms with van der Waals surface area (Å²) in [5, 5.41) is 4.96. The highest BCUT2D eigenvalue weighted by Crippen LogP contribution is 2.43. The summed E-state index contributed by atoms with van der Waals surface area (Å²) in [6, 6.07) is 4.16. The zero-order valence-electron chi connectivity index (χ0n) is 11.1. The number of carbonyl (C=O) groups is 3. The number of carbonyl (C=O) groups excluding carboxylic acids is 3. The van der Waals surface area contributed by atoms with Crippen LogP contribution in [-0.4, -0.2) is 24.4 Å². The van der Waals surface area contributed by atoms with Gasteiger partial charge < -0.3 is 10.2 Å². The SMILES string of the molecule is C/C=C/CN1C(=O)C2(NC(=O)NC2=O)c2cc(Cl)ccc21. The van der Waals surface area contributed by atoms with Crippen LogP contribution in [0.25, 0.3) is 0 Å². The van der Waals surface area contributed by atoms with E-state index in [1.54, 1.807) is 24.3 Å². The van der Waals surface area contributed by atoms with Crippen molar-refractivity contribution in [2.75, 3.05) is 11.4 Å². The third-order valence-corrected chi connectivity index (χ3v) is 3.85. The maximum atomic E-state index is 12.7. The van der Waals surface area contributed by atoms with E-state index in [1.807, 2.05) is 6.92 Å². The molecule has 0 saturated carbocycles. The summed E-state index contributed by atoms with van der Waals surface area (Å²) >= 11 is 5.98. The van der Waals surface area contributed by atoms with Crippen LogP contribution in [0.3, 0.4) is 0 Å². The molecule has 1 fully saturated rings. The summed E-state index contributed by atoms with van der Waals surface area (Å²) in [5.74, 6) is -1.16. The predicted octanol–water partition coefficient (Wildman–Crippen LogP) is 1.30. The Morgan fingerprint density at radius 1 is 1.33 bits per heavy atom. The predicted molar refractivity (Wildman–Crippen MR) is 77.0 cm³/mol. The second kappa shape index (κ2) is 4.60. The number of hydrogen-bond donors (Lipinski definition) is 2. The van der Waals surface area contributed by atoms with E-state index in [2.05, 4.69) is 10.6 Å². The maximum absolute atomic E-state index is 12.7. The Morgan fingerprint density at radius 2 is 2.10 bits per heavy atom. The molecular weight excluding hydrogens is 294 g/mol. The molecule has 6 nitrogen and oxygen atoms in total. The third-order valence-electron chi connectivity index (χ3n) is 3.61. The summed E-state index contributed by atoms with van der Waals surface area (Å²) in [4.78, 5) is 37.9. The first-order chi connectivity index (χ1) is 10.0. The largest absolute Gasteiger partial charge is 0.323 e. The van der Waals surface area contributed by atoms with Gasteiger partial charge in [-0.25, -0.2) is 4.79 Å². The Hall–Kier alpha value is -2.34. The molecule has 7 heteroatoms. The molecule has 1 unspecified atom stereocenters. The molecule has 1 aromatic carbocycles. The first kappa shape index (κ1) is 13.6. The minimum absolute atomic E-state index is 0.314. The fraction of sp³-hybridized carbons (Fsp3) is 0.214. The van der Waals surface area contributed by atoms with Crippen molar-refractivity contribution < 1.29 is 14.4 Å². The second-order valence-electron chi connectivity index (χ2n) is 4.80. The number of nitrogens with one attached hydrogen (secondary N) is 2. The van der Waals surface area contributed by atoms with E-state index in [4.69, 9.17) is 11.6 Å². The van der Waals surface area contributed by atoms with Crippen molar-refractivity contribution in [2.45, 2.75) is 12.5 Å². The van der Waals surface area contributed by atoms with Crippen molar-refractivity contribution in [1.82, 2.24) is 10.6 Å². The van der Waals surface area contributed by atoms with Gasteiger partial charge in [-0.15, -0.1) is 0 Å². The maximum Gasteiger partial charge on any atom is 0.323 e. The van der Waals surface area contributed by atoms with E-state index >= 15 is 0 Å². The van der Waals surface area contributed by atoms with Crippen molar-refractivity contribution in [2.24, 2.45) is 0 Å². The summed E-state index contributed by atoms with van der Waals surface area (Å²) < 4.78 is 0. The van der Waals surface area contributed by atoms with Crippen LogP contribution in [0.1, 0.15) is 12.5 Å². The number of hydrogen-bond acceptors (Lipinski definition) is 3. The molecule has 2 N–H and O–H groups in total. The van der Waals surface area contributed by atoms with Crippen LogP contribution >= 0.6 is 11.6 Å². The number of nitrogens with zero attached hydrogens (tertiary/aromatic N) is 1. The fourth-order valence-electron chi connectivity index (χ4n) is 2.66. The number of benzene rings is 1. The van der Waals surface area contributed by atoms with Crippen LogP contribution < -0.4 is 15.5 Å². The molecule has 0 radical (unpaired) electrons. The number of rotatable bonds is 2. The van der Waals surface area contributed by atoms with Gasteiger partial charge in [0.25, 0.3) is 11.8 Å². The summed E-state index contributed by atoms with van der Waals surface area (Å²) in [7, 11) is 0. The molecule has 2 aliphatic heterocycles. The highest BCUT2D eigenvalue weighted by molar-refractivity contribution is 6.32. The average molecular weight is 306 g/mol. The number of imide groups is 1. The van der Waals surface area contributed by atoms with Gasteiger partial charge in [0.2, 0.25) is 5.54 Å². The molecule has 1 aromatic rings. The Kier molecular flexibility index (Phi) is 2.98. The minimum atomic E-state index is -1.71. The molecule has 0 aliphatic carbocycles. The zero-order valence-corrected chi connectivity index (χ0v) is 11.9. The molecule has 0 bridgehead atoms. The summed E-state index contributed by atoms with van der Waals surface area (Å²) in [5.41, 5.74) is -0.744. The van der Waals surface area contributed by atoms with E-state index in [9.17, 15) is 14.4 Å². The molecular formula is C14H12ClN3O3. The van der Waals surface area contributed by atoms with E-state index in [-0.39, 0.29) is 0 Å². The second-order valence-corrected chi connectivity index (χ2v) is 5.24. The Bertz CT molecular complexity index is 701. The van der Waals surface area contributed by atoms with Crippen LogP contribution in [0.15, 0.2) is 30.4 Å². The van der Waals surface area contributed by atoms with Gasteiger partial charge in [-0.3, -0.25) is 14.9 Å². The lowest BCUT2D eigenvalue weighted by molar-refractivity contribution is -0.133. The van der Waals surface area contributed by atoms with E-state index in [0.717, 1.165) is 0 Å². The lowest BCUT2D eigenvalue weighted by Crippen LogP contribution is -2.52. The van der Waals surface area contributed by atoms with Gasteiger partial charge in [-0.2, -0.15) is 0 Å². The first-order valence-electron chi connectivity index (χ1n) is 6.37. The molecule has 0 aromatic heterocycles. The van der Waals surface area contributed by atoms with Crippen molar-refractivity contribution >= 4 is 35.1 Å². The van der Waals surface area contributed by atoms with Gasteiger partial charge in [0, 0.05) is 17.1 Å². The molecule has 1 atom stereocenters. The topological polar surface area (TPSA) is 78.5 Å². The lowest BCUT2D eigenvalue weighted by Gasteiger charge is -2.20. The zero-order chi connectivity index (χ0) is 15.2. The number of fused-ring (bicyclic) bond motifs is 2. The molecule has 4 amide bonds. The summed E-state index contributed by atoms with van der Waals surface area (Å²) in [6.07, 6.45) is 3.60. The van der Waals surface area contributed by atoms with Gasteiger partial charge in [0.1, 0.15) is 0 Å². The molecule has 2 aliphatic rings. The Labute approximate surface area is 125 Å². The number of anilines is 1. The summed E-state index contributed by atoms with van der Waals surface area (Å²) in [6.45, 7) is 2.15. The fourth-order valence-corrected chi connectivity index (χ4v) is 2.83. The van der Waals surface area contributed by atoms with Crippen LogP contribution in [0.4, 0.5) is 10.5 Å². The number of halogens is 1. The third kappa shape index (κ3) is 1.76. The molecule has 2 heterocycles. The lowest BCUT2D eigenvalue weighted by atomic mass is 9.91. The number of urea groups is 1. The molecule has 1 saturated heterocycles. The van der Waals surface area contributed by atoms with Crippen LogP contribution in [0.2, 0.25) is 5.02 Å². The van der Waals surface area contributed by atoms with Gasteiger partial charge in [0.15, 0.2) is 0 Å². The molecule has 3 rings (SSSR count). The smallest absolute Gasteiger partial charge is 0.312 e. The number of amides is 4. The van der Waals surface area contributed by atoms with Gasteiger partial charge in [-0.1, -0.05) is 23.8 Å². The minimum Gasteiger partial charge on any atom is -0.312 e. The average Bonchev–Trinajstić information content (AvgIpc) is 2.86. The van der Waals surface area contributed by atoms with Crippen molar-refractivity contribution in [3.8, 4) is 0 Å². The van der Waals surface area contributed by atoms with E-state index in [1.165, 1.54) is 11.0 Å². The van der Waals surface area contributed by atoms with Gasteiger partial charge in [0.05, 0.1) is 5.69 Å². The van der Waals surface area contributed by atoms with E-state index < -0.39 is 23.4 Å². The standard InChI is InChI=1S/C14H12ClN3O3/c1-2-3-6-18-10-5-4-8(15)7-9(10)14(12(18)20)11(19)16-13(21)17-14/h2-5,7H,6H2,1H3,(H2,16,17,19,21)/b3-2+. The van der Waals surface area contributed by atoms with Gasteiger partial charge >= 0.3 is 6.03 Å². The number of allylic oxidation sites excluding steroid dienone is 1. The van der Waals surface area contributed by atoms with E-state index in [0.29, 0.717) is 22.8 Å².